The molecule has 0 spiro atoms. The first-order valence-electron chi connectivity index (χ1n) is 4.67. The molecule has 0 aliphatic heterocycles. The predicted octanol–water partition coefficient (Wildman–Crippen LogP) is 2.89. The first-order valence-corrected chi connectivity index (χ1v) is 5.46. The van der Waals surface area contributed by atoms with E-state index in [2.05, 4.69) is 38.9 Å². The van der Waals surface area contributed by atoms with Gasteiger partial charge in [-0.1, -0.05) is 34.6 Å². The first kappa shape index (κ1) is 10.2. The lowest BCUT2D eigenvalue weighted by atomic mass is 10.3. The van der Waals surface area contributed by atoms with Gasteiger partial charge in [-0.25, -0.2) is 4.98 Å². The Morgan fingerprint density at radius 2 is 2.27 bits per heavy atom. The average Bonchev–Trinajstić information content (AvgIpc) is 2.54. The molecule has 1 heterocycles. The number of aromatic nitrogens is 2. The number of anilines is 1. The molecular formula is C11H12BrN3. The number of nitrogens with one attached hydrogen (secondary N) is 1. The van der Waals surface area contributed by atoms with Gasteiger partial charge < -0.3 is 9.88 Å². The van der Waals surface area contributed by atoms with E-state index in [1.807, 2.05) is 29.8 Å². The molecule has 0 saturated carbocycles. The van der Waals surface area contributed by atoms with Gasteiger partial charge in [-0.3, -0.25) is 0 Å². The zero-order valence-corrected chi connectivity index (χ0v) is 10.1. The fourth-order valence-corrected chi connectivity index (χ4v) is 1.62. The van der Waals surface area contributed by atoms with Crippen molar-refractivity contribution in [1.82, 2.24) is 9.55 Å². The lowest BCUT2D eigenvalue weighted by Gasteiger charge is -2.04. The molecular weight excluding hydrogens is 254 g/mol. The van der Waals surface area contributed by atoms with Gasteiger partial charge in [-0.2, -0.15) is 0 Å². The third kappa shape index (κ3) is 2.04. The summed E-state index contributed by atoms with van der Waals surface area (Å²) in [5, 5.41) is 3.21. The van der Waals surface area contributed by atoms with E-state index in [0.29, 0.717) is 6.54 Å². The molecule has 0 aliphatic carbocycles. The molecule has 0 radical (unpaired) electrons. The monoisotopic (exact) mass is 265 g/mol. The lowest BCUT2D eigenvalue weighted by molar-refractivity contribution is 0.944. The number of hydrogen-bond donors (Lipinski definition) is 1. The van der Waals surface area contributed by atoms with Crippen LogP contribution in [0.5, 0.6) is 0 Å². The van der Waals surface area contributed by atoms with Crippen LogP contribution < -0.4 is 5.32 Å². The SMILES string of the molecule is C=C(Br)CNc1nc2ccccc2n1C. The minimum atomic E-state index is 0.678. The van der Waals surface area contributed by atoms with Gasteiger partial charge in [0.15, 0.2) is 0 Å². The highest BCUT2D eigenvalue weighted by atomic mass is 79.9. The Morgan fingerprint density at radius 3 is 2.93 bits per heavy atom. The van der Waals surface area contributed by atoms with Crippen molar-refractivity contribution >= 4 is 32.9 Å². The molecule has 0 amide bonds. The van der Waals surface area contributed by atoms with Gasteiger partial charge in [-0.15, -0.1) is 0 Å². The third-order valence-electron chi connectivity index (χ3n) is 2.23. The first-order chi connectivity index (χ1) is 7.18. The number of halogens is 1. The van der Waals surface area contributed by atoms with Gasteiger partial charge in [0.25, 0.3) is 0 Å². The predicted molar refractivity (Wildman–Crippen MR) is 67.3 cm³/mol. The molecule has 4 heteroatoms. The van der Waals surface area contributed by atoms with Gasteiger partial charge in [-0.05, 0) is 12.1 Å². The second-order valence-electron chi connectivity index (χ2n) is 3.35. The number of imidazole rings is 1. The van der Waals surface area contributed by atoms with E-state index in [0.717, 1.165) is 21.5 Å². The van der Waals surface area contributed by atoms with Crippen LogP contribution in [0.4, 0.5) is 5.95 Å². The van der Waals surface area contributed by atoms with Crippen LogP contribution in [0.2, 0.25) is 0 Å². The van der Waals surface area contributed by atoms with E-state index in [4.69, 9.17) is 0 Å². The van der Waals surface area contributed by atoms with Crippen molar-refractivity contribution < 1.29 is 0 Å². The van der Waals surface area contributed by atoms with Gasteiger partial charge in [0, 0.05) is 18.1 Å². The van der Waals surface area contributed by atoms with E-state index >= 15 is 0 Å². The number of hydrogen-bond acceptors (Lipinski definition) is 2. The van der Waals surface area contributed by atoms with Crippen LogP contribution >= 0.6 is 15.9 Å². The summed E-state index contributed by atoms with van der Waals surface area (Å²) in [6.45, 7) is 4.45. The van der Waals surface area contributed by atoms with Crippen molar-refractivity contribution in [3.8, 4) is 0 Å². The maximum absolute atomic E-state index is 4.47. The normalized spacial score (nSPS) is 10.5. The molecule has 15 heavy (non-hydrogen) atoms. The Labute approximate surface area is 96.9 Å². The molecule has 0 bridgehead atoms. The maximum atomic E-state index is 4.47. The summed E-state index contributed by atoms with van der Waals surface area (Å²) in [6, 6.07) is 8.06. The molecule has 2 aromatic rings. The maximum Gasteiger partial charge on any atom is 0.203 e. The van der Waals surface area contributed by atoms with E-state index in [1.165, 1.54) is 0 Å². The topological polar surface area (TPSA) is 29.9 Å². The Bertz CT molecular complexity index is 502. The summed E-state index contributed by atoms with van der Waals surface area (Å²) in [5.74, 6) is 0.858. The minimum absolute atomic E-state index is 0.678. The molecule has 0 unspecified atom stereocenters. The van der Waals surface area contributed by atoms with Crippen molar-refractivity contribution in [3.63, 3.8) is 0 Å². The fraction of sp³-hybridized carbons (Fsp3) is 0.182. The second kappa shape index (κ2) is 4.06. The van der Waals surface area contributed by atoms with Crippen LogP contribution in [0.25, 0.3) is 11.0 Å². The smallest absolute Gasteiger partial charge is 0.203 e. The minimum Gasteiger partial charge on any atom is -0.351 e. The lowest BCUT2D eigenvalue weighted by Crippen LogP contribution is -2.05. The highest BCUT2D eigenvalue weighted by Crippen LogP contribution is 2.17. The summed E-state index contributed by atoms with van der Waals surface area (Å²) < 4.78 is 2.94. The Morgan fingerprint density at radius 1 is 1.53 bits per heavy atom. The summed E-state index contributed by atoms with van der Waals surface area (Å²) in [4.78, 5) is 4.47. The molecule has 78 valence electrons. The zero-order valence-electron chi connectivity index (χ0n) is 8.50. The van der Waals surface area contributed by atoms with Crippen LogP contribution in [0.15, 0.2) is 35.3 Å². The molecule has 3 nitrogen and oxygen atoms in total. The second-order valence-corrected chi connectivity index (χ2v) is 4.48. The molecule has 1 N–H and O–H groups in total. The quantitative estimate of drug-likeness (QED) is 0.925. The number of benzene rings is 1. The molecule has 1 aromatic carbocycles. The van der Waals surface area contributed by atoms with Gasteiger partial charge >= 0.3 is 0 Å². The van der Waals surface area contributed by atoms with Gasteiger partial charge in [0.2, 0.25) is 5.95 Å². The number of nitrogens with zero attached hydrogens (tertiary/aromatic N) is 2. The number of para-hydroxylation sites is 2. The number of aryl methyl sites for hydroxylation is 1. The van der Waals surface area contributed by atoms with Crippen LogP contribution in [-0.2, 0) is 7.05 Å². The summed E-state index contributed by atoms with van der Waals surface area (Å²) in [7, 11) is 1.99. The molecule has 0 saturated heterocycles. The third-order valence-corrected chi connectivity index (χ3v) is 2.51. The Kier molecular flexibility index (Phi) is 2.77. The molecule has 0 fully saturated rings. The van der Waals surface area contributed by atoms with Crippen molar-refractivity contribution in [2.75, 3.05) is 11.9 Å². The van der Waals surface area contributed by atoms with Crippen LogP contribution in [0, 0.1) is 0 Å². The van der Waals surface area contributed by atoms with E-state index in [1.54, 1.807) is 0 Å². The van der Waals surface area contributed by atoms with Crippen LogP contribution in [0.3, 0.4) is 0 Å². The van der Waals surface area contributed by atoms with Gasteiger partial charge in [0.1, 0.15) is 0 Å². The van der Waals surface area contributed by atoms with E-state index in [9.17, 15) is 0 Å². The number of fused-ring (bicyclic) bond motifs is 1. The zero-order chi connectivity index (χ0) is 10.8. The van der Waals surface area contributed by atoms with E-state index < -0.39 is 0 Å². The molecule has 2 rings (SSSR count). The van der Waals surface area contributed by atoms with E-state index in [-0.39, 0.29) is 0 Å². The summed E-state index contributed by atoms with van der Waals surface area (Å²) in [6.07, 6.45) is 0. The standard InChI is InChI=1S/C11H12BrN3/c1-8(12)7-13-11-14-9-5-3-4-6-10(9)15(11)2/h3-6H,1,7H2,2H3,(H,13,14). The Hall–Kier alpha value is -1.29. The molecule has 0 atom stereocenters. The van der Waals surface area contributed by atoms with Crippen LogP contribution in [0.1, 0.15) is 0 Å². The highest BCUT2D eigenvalue weighted by molar-refractivity contribution is 9.11. The molecule has 1 aromatic heterocycles. The summed E-state index contributed by atoms with van der Waals surface area (Å²) in [5.41, 5.74) is 2.13. The summed E-state index contributed by atoms with van der Waals surface area (Å²) >= 11 is 3.31. The largest absolute Gasteiger partial charge is 0.351 e. The van der Waals surface area contributed by atoms with Crippen LogP contribution in [-0.4, -0.2) is 16.1 Å². The van der Waals surface area contributed by atoms with Crippen molar-refractivity contribution in [2.45, 2.75) is 0 Å². The van der Waals surface area contributed by atoms with Crippen molar-refractivity contribution in [1.29, 1.82) is 0 Å². The van der Waals surface area contributed by atoms with Crippen molar-refractivity contribution in [3.05, 3.63) is 35.3 Å². The van der Waals surface area contributed by atoms with Gasteiger partial charge in [0.05, 0.1) is 11.0 Å². The molecule has 0 aliphatic rings. The number of rotatable bonds is 3. The van der Waals surface area contributed by atoms with Crippen molar-refractivity contribution in [2.24, 2.45) is 7.05 Å². The highest BCUT2D eigenvalue weighted by Gasteiger charge is 2.05. The Balaban J connectivity index is 2.36. The fourth-order valence-electron chi connectivity index (χ4n) is 1.48. The average molecular weight is 266 g/mol.